The van der Waals surface area contributed by atoms with E-state index in [1.807, 2.05) is 0 Å². The Kier molecular flexibility index (Phi) is 3.76. The van der Waals surface area contributed by atoms with Gasteiger partial charge in [0, 0.05) is 6.07 Å². The molecule has 1 aliphatic rings. The first-order valence-corrected chi connectivity index (χ1v) is 7.99. The molecule has 0 amide bonds. The summed E-state index contributed by atoms with van der Waals surface area (Å²) in [5.41, 5.74) is -0.421. The minimum atomic E-state index is -3.94. The minimum absolute atomic E-state index is 0.213. The highest BCUT2D eigenvalue weighted by atomic mass is 32.2. The number of hydrogen-bond acceptors (Lipinski definition) is 6. The monoisotopic (exact) mass is 301 g/mol. The molecule has 1 aliphatic heterocycles. The number of nitro benzene ring substituents is 1. The highest BCUT2D eigenvalue weighted by Gasteiger charge is 2.34. The van der Waals surface area contributed by atoms with Gasteiger partial charge in [-0.15, -0.1) is 0 Å². The maximum Gasteiger partial charge on any atom is 0.289 e. The molecule has 1 heterocycles. The summed E-state index contributed by atoms with van der Waals surface area (Å²) < 4.78 is 26.0. The van der Waals surface area contributed by atoms with E-state index in [0.29, 0.717) is 11.7 Å². The van der Waals surface area contributed by atoms with Crippen molar-refractivity contribution in [1.29, 1.82) is 0 Å². The topological polar surface area (TPSA) is 92.9 Å². The van der Waals surface area contributed by atoms with E-state index < -0.39 is 20.6 Å². The Morgan fingerprint density at radius 3 is 2.74 bits per heavy atom. The van der Waals surface area contributed by atoms with Gasteiger partial charge in [0.15, 0.2) is 10.1 Å². The molecular weight excluding hydrogens is 290 g/mol. The molecule has 19 heavy (non-hydrogen) atoms. The molecule has 0 fully saturated rings. The van der Waals surface area contributed by atoms with E-state index >= 15 is 0 Å². The number of para-hydroxylation sites is 1. The predicted octanol–water partition coefficient (Wildman–Crippen LogP) is 1.32. The lowest BCUT2D eigenvalue weighted by Gasteiger charge is -2.18. The van der Waals surface area contributed by atoms with E-state index in [9.17, 15) is 18.5 Å². The lowest BCUT2D eigenvalue weighted by molar-refractivity contribution is -0.387. The zero-order chi connectivity index (χ0) is 14.0. The van der Waals surface area contributed by atoms with Gasteiger partial charge >= 0.3 is 0 Å². The fourth-order valence-corrected chi connectivity index (χ4v) is 4.26. The van der Waals surface area contributed by atoms with Crippen molar-refractivity contribution >= 4 is 32.6 Å². The van der Waals surface area contributed by atoms with Crippen LogP contribution in [0, 0.1) is 10.1 Å². The van der Waals surface area contributed by atoms with Crippen LogP contribution in [0.25, 0.3) is 0 Å². The van der Waals surface area contributed by atoms with Crippen molar-refractivity contribution in [2.24, 2.45) is 4.99 Å². The predicted molar refractivity (Wildman–Crippen MR) is 72.8 cm³/mol. The first-order chi connectivity index (χ1) is 8.98. The maximum atomic E-state index is 12.5. The third-order valence-corrected chi connectivity index (χ3v) is 5.24. The summed E-state index contributed by atoms with van der Waals surface area (Å²) in [6.45, 7) is 0.584. The number of amidine groups is 1. The number of aliphatic imine (C=N–C) groups is 1. The van der Waals surface area contributed by atoms with Gasteiger partial charge in [-0.3, -0.25) is 15.1 Å². The molecule has 0 atom stereocenters. The van der Waals surface area contributed by atoms with Crippen LogP contribution in [-0.2, 0) is 10.0 Å². The smallest absolute Gasteiger partial charge is 0.260 e. The van der Waals surface area contributed by atoms with Gasteiger partial charge in [-0.05, 0) is 12.3 Å². The highest BCUT2D eigenvalue weighted by molar-refractivity contribution is 8.14. The van der Waals surface area contributed by atoms with Crippen LogP contribution in [0.5, 0.6) is 0 Å². The molecule has 1 aromatic carbocycles. The van der Waals surface area contributed by atoms with Gasteiger partial charge in [0.1, 0.15) is 0 Å². The van der Waals surface area contributed by atoms with Crippen LogP contribution in [0.3, 0.4) is 0 Å². The molecule has 0 bridgehead atoms. The number of benzene rings is 1. The molecular formula is C10H11N3O4S2. The zero-order valence-electron chi connectivity index (χ0n) is 10.0. The fourth-order valence-electron chi connectivity index (χ4n) is 1.75. The second-order valence-electron chi connectivity index (χ2n) is 3.67. The lowest BCUT2D eigenvalue weighted by atomic mass is 10.3. The summed E-state index contributed by atoms with van der Waals surface area (Å²) in [5.74, 6) is 0. The molecule has 0 saturated carbocycles. The number of nitrogens with zero attached hydrogens (tertiary/aromatic N) is 3. The summed E-state index contributed by atoms with van der Waals surface area (Å²) in [4.78, 5) is 14.0. The molecule has 0 radical (unpaired) electrons. The van der Waals surface area contributed by atoms with Crippen LogP contribution >= 0.6 is 11.8 Å². The second kappa shape index (κ2) is 5.17. The first-order valence-electron chi connectivity index (χ1n) is 5.33. The normalized spacial score (nSPS) is 15.4. The van der Waals surface area contributed by atoms with Crippen molar-refractivity contribution < 1.29 is 13.3 Å². The quantitative estimate of drug-likeness (QED) is 0.620. The van der Waals surface area contributed by atoms with Gasteiger partial charge in [0.05, 0.1) is 18.0 Å². The van der Waals surface area contributed by atoms with Crippen LogP contribution in [0.15, 0.2) is 34.2 Å². The van der Waals surface area contributed by atoms with Crippen molar-refractivity contribution in [2.45, 2.75) is 4.90 Å². The largest absolute Gasteiger partial charge is 0.289 e. The molecule has 0 aromatic heterocycles. The first kappa shape index (κ1) is 13.8. The molecule has 9 heteroatoms. The molecule has 7 nitrogen and oxygen atoms in total. The van der Waals surface area contributed by atoms with Crippen LogP contribution < -0.4 is 0 Å². The van der Waals surface area contributed by atoms with E-state index in [4.69, 9.17) is 0 Å². The highest BCUT2D eigenvalue weighted by Crippen LogP contribution is 2.28. The number of sulfonamides is 1. The molecule has 0 spiro atoms. The average molecular weight is 301 g/mol. The van der Waals surface area contributed by atoms with Crippen LogP contribution in [0.4, 0.5) is 5.69 Å². The molecule has 0 aliphatic carbocycles. The molecule has 0 saturated heterocycles. The van der Waals surface area contributed by atoms with E-state index in [2.05, 4.69) is 4.99 Å². The summed E-state index contributed by atoms with van der Waals surface area (Å²) in [5, 5.41) is 11.3. The van der Waals surface area contributed by atoms with E-state index in [0.717, 1.165) is 4.31 Å². The third-order valence-electron chi connectivity index (χ3n) is 2.58. The Balaban J connectivity index is 2.52. The molecule has 1 aromatic rings. The Labute approximate surface area is 114 Å². The van der Waals surface area contributed by atoms with Crippen molar-refractivity contribution in [1.82, 2.24) is 4.31 Å². The van der Waals surface area contributed by atoms with Gasteiger partial charge in [-0.25, -0.2) is 12.7 Å². The van der Waals surface area contributed by atoms with Crippen LogP contribution in [0.2, 0.25) is 0 Å². The Bertz CT molecular complexity index is 642. The zero-order valence-corrected chi connectivity index (χ0v) is 11.6. The van der Waals surface area contributed by atoms with E-state index in [-0.39, 0.29) is 11.4 Å². The number of rotatable bonds is 3. The SMILES string of the molecule is CSC1=NCCN1S(=O)(=O)c1ccccc1[N+](=O)[O-]. The lowest BCUT2D eigenvalue weighted by Crippen LogP contribution is -2.33. The summed E-state index contributed by atoms with van der Waals surface area (Å²) >= 11 is 1.20. The Morgan fingerprint density at radius 2 is 2.11 bits per heavy atom. The second-order valence-corrected chi connectivity index (χ2v) is 6.27. The van der Waals surface area contributed by atoms with Gasteiger partial charge in [-0.1, -0.05) is 23.9 Å². The average Bonchev–Trinajstić information content (AvgIpc) is 2.87. The summed E-state index contributed by atoms with van der Waals surface area (Å²) in [6.07, 6.45) is 1.71. The number of nitro groups is 1. The van der Waals surface area contributed by atoms with Crippen molar-refractivity contribution in [3.63, 3.8) is 0 Å². The van der Waals surface area contributed by atoms with Crippen molar-refractivity contribution in [2.75, 3.05) is 19.3 Å². The molecule has 0 unspecified atom stereocenters. The Hall–Kier alpha value is -1.61. The Morgan fingerprint density at radius 1 is 1.42 bits per heavy atom. The maximum absolute atomic E-state index is 12.5. The van der Waals surface area contributed by atoms with Crippen LogP contribution in [0.1, 0.15) is 0 Å². The number of thioether (sulfide) groups is 1. The van der Waals surface area contributed by atoms with E-state index in [1.54, 1.807) is 6.26 Å². The minimum Gasteiger partial charge on any atom is -0.260 e. The summed E-state index contributed by atoms with van der Waals surface area (Å²) in [7, 11) is -3.94. The van der Waals surface area contributed by atoms with E-state index in [1.165, 1.54) is 36.0 Å². The summed E-state index contributed by atoms with van der Waals surface area (Å²) in [6, 6.07) is 5.32. The van der Waals surface area contributed by atoms with Gasteiger partial charge in [0.25, 0.3) is 15.7 Å². The molecule has 2 rings (SSSR count). The fraction of sp³-hybridized carbons (Fsp3) is 0.300. The molecule has 0 N–H and O–H groups in total. The molecule has 102 valence electrons. The van der Waals surface area contributed by atoms with Crippen molar-refractivity contribution in [3.8, 4) is 0 Å². The standard InChI is InChI=1S/C10H11N3O4S2/c1-18-10-11-6-7-12(10)19(16,17)9-5-3-2-4-8(9)13(14)15/h2-5H,6-7H2,1H3. The van der Waals surface area contributed by atoms with Gasteiger partial charge in [-0.2, -0.15) is 0 Å². The third kappa shape index (κ3) is 2.43. The number of hydrogen-bond donors (Lipinski definition) is 0. The van der Waals surface area contributed by atoms with Gasteiger partial charge < -0.3 is 0 Å². The van der Waals surface area contributed by atoms with Crippen molar-refractivity contribution in [3.05, 3.63) is 34.4 Å². The van der Waals surface area contributed by atoms with Gasteiger partial charge in [0.2, 0.25) is 0 Å². The van der Waals surface area contributed by atoms with Crippen LogP contribution in [-0.4, -0.2) is 42.2 Å².